The number of carbonyl (C=O) groups is 2. The van der Waals surface area contributed by atoms with Crippen LogP contribution in [-0.2, 0) is 14.3 Å². The van der Waals surface area contributed by atoms with Gasteiger partial charge in [-0.1, -0.05) is 0 Å². The van der Waals surface area contributed by atoms with Crippen LogP contribution in [0.4, 0.5) is 0 Å². The van der Waals surface area contributed by atoms with E-state index < -0.39 is 12.0 Å². The molecule has 1 aliphatic carbocycles. The van der Waals surface area contributed by atoms with E-state index in [1.165, 1.54) is 0 Å². The van der Waals surface area contributed by atoms with Gasteiger partial charge in [0.1, 0.15) is 12.4 Å². The second-order valence-electron chi connectivity index (χ2n) is 4.80. The predicted octanol–water partition coefficient (Wildman–Crippen LogP) is 1.84. The highest BCUT2D eigenvalue weighted by Gasteiger charge is 2.27. The Morgan fingerprint density at radius 1 is 1.47 bits per heavy atom. The summed E-state index contributed by atoms with van der Waals surface area (Å²) in [4.78, 5) is 21.9. The molecule has 0 saturated heterocycles. The first-order valence-electron chi connectivity index (χ1n) is 6.47. The Hall–Kier alpha value is -0.900. The van der Waals surface area contributed by atoms with Gasteiger partial charge in [0.05, 0.1) is 12.0 Å². The van der Waals surface area contributed by atoms with E-state index in [0.29, 0.717) is 19.3 Å². The average molecular weight is 242 g/mol. The van der Waals surface area contributed by atoms with Crippen LogP contribution in [0.2, 0.25) is 0 Å². The lowest BCUT2D eigenvalue weighted by Crippen LogP contribution is -2.29. The zero-order valence-electron chi connectivity index (χ0n) is 10.4. The number of esters is 1. The molecule has 4 nitrogen and oxygen atoms in total. The zero-order chi connectivity index (χ0) is 12.7. The van der Waals surface area contributed by atoms with Crippen LogP contribution in [0.5, 0.6) is 0 Å². The van der Waals surface area contributed by atoms with E-state index in [-0.39, 0.29) is 12.1 Å². The van der Waals surface area contributed by atoms with Crippen molar-refractivity contribution in [2.24, 2.45) is 5.92 Å². The van der Waals surface area contributed by atoms with Gasteiger partial charge in [0, 0.05) is 6.42 Å². The molecule has 1 saturated carbocycles. The lowest BCUT2D eigenvalue weighted by atomic mass is 10.00. The van der Waals surface area contributed by atoms with E-state index >= 15 is 0 Å². The van der Waals surface area contributed by atoms with Gasteiger partial charge in [0.25, 0.3) is 0 Å². The third kappa shape index (κ3) is 4.86. The lowest BCUT2D eigenvalue weighted by Gasteiger charge is -2.19. The minimum atomic E-state index is -0.705. The molecular weight excluding hydrogens is 220 g/mol. The van der Waals surface area contributed by atoms with Crippen molar-refractivity contribution < 1.29 is 19.4 Å². The van der Waals surface area contributed by atoms with Crippen molar-refractivity contribution in [3.8, 4) is 0 Å². The first kappa shape index (κ1) is 14.2. The molecule has 0 heterocycles. The fourth-order valence-corrected chi connectivity index (χ4v) is 2.10. The second-order valence-corrected chi connectivity index (χ2v) is 4.80. The van der Waals surface area contributed by atoms with Gasteiger partial charge in [-0.05, 0) is 45.4 Å². The number of carbonyl (C=O) groups excluding carboxylic acids is 2. The minimum Gasteiger partial charge on any atom is -0.462 e. The summed E-state index contributed by atoms with van der Waals surface area (Å²) in [5.41, 5.74) is 0. The van der Waals surface area contributed by atoms with Crippen molar-refractivity contribution in [3.05, 3.63) is 0 Å². The quantitative estimate of drug-likeness (QED) is 0.420. The number of hydrogen-bond acceptors (Lipinski definition) is 4. The van der Waals surface area contributed by atoms with Gasteiger partial charge in [-0.15, -0.1) is 0 Å². The smallest absolute Gasteiger partial charge is 0.311 e. The predicted molar refractivity (Wildman–Crippen MR) is 63.4 cm³/mol. The van der Waals surface area contributed by atoms with Crippen LogP contribution in [0.1, 0.15) is 51.9 Å². The molecule has 17 heavy (non-hydrogen) atoms. The fourth-order valence-electron chi connectivity index (χ4n) is 2.10. The molecule has 0 aromatic heterocycles. The van der Waals surface area contributed by atoms with Crippen molar-refractivity contribution in [1.82, 2.24) is 0 Å². The van der Waals surface area contributed by atoms with Crippen LogP contribution in [0.15, 0.2) is 0 Å². The summed E-state index contributed by atoms with van der Waals surface area (Å²) >= 11 is 0. The van der Waals surface area contributed by atoms with Crippen molar-refractivity contribution in [2.45, 2.75) is 64.1 Å². The minimum absolute atomic E-state index is 0.0483. The number of ether oxygens (including phenoxy) is 1. The van der Waals surface area contributed by atoms with Crippen molar-refractivity contribution in [2.75, 3.05) is 0 Å². The average Bonchev–Trinajstić information content (AvgIpc) is 2.81. The van der Waals surface area contributed by atoms with Crippen LogP contribution in [-0.4, -0.2) is 29.6 Å². The molecule has 1 rings (SSSR count). The third-order valence-electron chi connectivity index (χ3n) is 3.36. The highest BCUT2D eigenvalue weighted by Crippen LogP contribution is 2.23. The molecule has 0 aliphatic heterocycles. The van der Waals surface area contributed by atoms with Gasteiger partial charge in [0.15, 0.2) is 0 Å². The molecule has 0 amide bonds. The van der Waals surface area contributed by atoms with E-state index in [2.05, 4.69) is 0 Å². The standard InChI is InChI=1S/C13H22O4/c1-10(12(15)8-4-5-9-14)13(16)17-11-6-2-3-7-11/h9-12,15H,2-8H2,1H3/t10?,12-/m1/s1. The summed E-state index contributed by atoms with van der Waals surface area (Å²) in [6.07, 6.45) is 5.82. The normalized spacial score (nSPS) is 19.9. The number of unbranched alkanes of at least 4 members (excludes halogenated alkanes) is 1. The molecule has 1 N–H and O–H groups in total. The highest BCUT2D eigenvalue weighted by molar-refractivity contribution is 5.72. The van der Waals surface area contributed by atoms with E-state index in [4.69, 9.17) is 4.74 Å². The van der Waals surface area contributed by atoms with Crippen LogP contribution in [0.3, 0.4) is 0 Å². The van der Waals surface area contributed by atoms with Crippen LogP contribution < -0.4 is 0 Å². The van der Waals surface area contributed by atoms with Crippen molar-refractivity contribution >= 4 is 12.3 Å². The molecule has 0 bridgehead atoms. The van der Waals surface area contributed by atoms with Gasteiger partial charge in [-0.25, -0.2) is 0 Å². The summed E-state index contributed by atoms with van der Waals surface area (Å²) in [5, 5.41) is 9.77. The summed E-state index contributed by atoms with van der Waals surface area (Å²) in [7, 11) is 0. The van der Waals surface area contributed by atoms with E-state index in [0.717, 1.165) is 32.0 Å². The molecule has 2 atom stereocenters. The van der Waals surface area contributed by atoms with E-state index in [9.17, 15) is 14.7 Å². The Morgan fingerprint density at radius 3 is 2.71 bits per heavy atom. The van der Waals surface area contributed by atoms with Crippen LogP contribution >= 0.6 is 0 Å². The Morgan fingerprint density at radius 2 is 2.12 bits per heavy atom. The SMILES string of the molecule is CC(C(=O)OC1CCCC1)[C@H](O)CCCC=O. The number of rotatable bonds is 7. The monoisotopic (exact) mass is 242 g/mol. The number of hydrogen-bond donors (Lipinski definition) is 1. The second kappa shape index (κ2) is 7.43. The summed E-state index contributed by atoms with van der Waals surface area (Å²) in [6.45, 7) is 1.68. The molecule has 4 heteroatoms. The molecular formula is C13H22O4. The van der Waals surface area contributed by atoms with Crippen molar-refractivity contribution in [1.29, 1.82) is 0 Å². The first-order valence-corrected chi connectivity index (χ1v) is 6.47. The molecule has 1 fully saturated rings. The molecule has 1 aliphatic rings. The molecule has 0 spiro atoms. The van der Waals surface area contributed by atoms with E-state index in [1.54, 1.807) is 6.92 Å². The van der Waals surface area contributed by atoms with Crippen molar-refractivity contribution in [3.63, 3.8) is 0 Å². The maximum atomic E-state index is 11.7. The summed E-state index contributed by atoms with van der Waals surface area (Å²) < 4.78 is 5.33. The molecule has 0 radical (unpaired) electrons. The number of aliphatic hydroxyl groups excluding tert-OH is 1. The van der Waals surface area contributed by atoms with Gasteiger partial charge in [0.2, 0.25) is 0 Å². The number of aliphatic hydroxyl groups is 1. The van der Waals surface area contributed by atoms with Gasteiger partial charge in [-0.3, -0.25) is 4.79 Å². The molecule has 98 valence electrons. The van der Waals surface area contributed by atoms with Crippen LogP contribution in [0, 0.1) is 5.92 Å². The Kier molecular flexibility index (Phi) is 6.19. The topological polar surface area (TPSA) is 63.6 Å². The Balaban J connectivity index is 2.26. The zero-order valence-corrected chi connectivity index (χ0v) is 10.4. The maximum Gasteiger partial charge on any atom is 0.311 e. The largest absolute Gasteiger partial charge is 0.462 e. The van der Waals surface area contributed by atoms with Gasteiger partial charge in [-0.2, -0.15) is 0 Å². The maximum absolute atomic E-state index is 11.7. The van der Waals surface area contributed by atoms with E-state index in [1.807, 2.05) is 0 Å². The molecule has 1 unspecified atom stereocenters. The fraction of sp³-hybridized carbons (Fsp3) is 0.846. The highest BCUT2D eigenvalue weighted by atomic mass is 16.5. The Labute approximate surface area is 102 Å². The summed E-state index contributed by atoms with van der Waals surface area (Å²) in [6, 6.07) is 0. The Bertz CT molecular complexity index is 246. The summed E-state index contributed by atoms with van der Waals surface area (Å²) in [5.74, 6) is -0.808. The van der Waals surface area contributed by atoms with Gasteiger partial charge < -0.3 is 14.6 Å². The number of aldehydes is 1. The molecule has 0 aromatic rings. The third-order valence-corrected chi connectivity index (χ3v) is 3.36. The first-order chi connectivity index (χ1) is 8.15. The molecule has 0 aromatic carbocycles. The lowest BCUT2D eigenvalue weighted by molar-refractivity contribution is -0.157. The van der Waals surface area contributed by atoms with Gasteiger partial charge >= 0.3 is 5.97 Å². The van der Waals surface area contributed by atoms with Crippen LogP contribution in [0.25, 0.3) is 0 Å².